The summed E-state index contributed by atoms with van der Waals surface area (Å²) in [6.07, 6.45) is 7.91. The van der Waals surface area contributed by atoms with Crippen LogP contribution in [0.3, 0.4) is 0 Å². The minimum Gasteiger partial charge on any atom is -0.482 e. The van der Waals surface area contributed by atoms with Crippen LogP contribution in [-0.4, -0.2) is 53.8 Å². The number of hydrogen-bond donors (Lipinski definition) is 3. The number of aliphatic hydroxyl groups excluding tert-OH is 2. The molecule has 6 nitrogen and oxygen atoms in total. The second kappa shape index (κ2) is 12.2. The Morgan fingerprint density at radius 3 is 2.76 bits per heavy atom. The quantitative estimate of drug-likeness (QED) is 0.515. The van der Waals surface area contributed by atoms with Crippen LogP contribution < -0.4 is 4.74 Å². The number of aliphatic hydroxyl groups is 2. The van der Waals surface area contributed by atoms with Crippen LogP contribution in [0.5, 0.6) is 5.75 Å². The largest absolute Gasteiger partial charge is 0.482 e. The molecule has 0 bridgehead atoms. The predicted molar refractivity (Wildman–Crippen MR) is 111 cm³/mol. The summed E-state index contributed by atoms with van der Waals surface area (Å²) >= 11 is 0. The molecule has 6 heteroatoms. The Balaban J connectivity index is 0.00000145. The average molecular weight is 409 g/mol. The fraction of sp³-hybridized carbons (Fsp3) is 0.696. The van der Waals surface area contributed by atoms with Crippen molar-refractivity contribution >= 4 is 5.97 Å². The lowest BCUT2D eigenvalue weighted by Crippen LogP contribution is -2.29. The van der Waals surface area contributed by atoms with Gasteiger partial charge in [0.2, 0.25) is 0 Å². The van der Waals surface area contributed by atoms with E-state index in [0.29, 0.717) is 17.6 Å². The van der Waals surface area contributed by atoms with Crippen LogP contribution in [0.15, 0.2) is 18.2 Å². The molecular formula is C23H36O6. The molecule has 4 unspecified atom stereocenters. The molecule has 0 spiro atoms. The summed E-state index contributed by atoms with van der Waals surface area (Å²) in [6, 6.07) is 5.93. The fourth-order valence-corrected chi connectivity index (χ4v) is 4.56. The van der Waals surface area contributed by atoms with Gasteiger partial charge in [0.1, 0.15) is 5.75 Å². The summed E-state index contributed by atoms with van der Waals surface area (Å²) < 4.78 is 11.6. The highest BCUT2D eigenvalue weighted by atomic mass is 16.5. The lowest BCUT2D eigenvalue weighted by Gasteiger charge is -2.30. The van der Waals surface area contributed by atoms with Crippen molar-refractivity contribution in [2.24, 2.45) is 11.8 Å². The van der Waals surface area contributed by atoms with E-state index >= 15 is 0 Å². The standard InChI is InChI=1S/C22H32O5.CH4O/c1-2-3-4-7-17(23)9-10-21-19-11-15-6-5-8-20(27-14-22(24)25)18(15)12-16(19)13-26-21;1-2/h5-6,8,16-17,19,21,23H,2-4,7,9-14H2,1H3,(H,24,25);2H,1H3. The molecule has 0 aromatic heterocycles. The van der Waals surface area contributed by atoms with Crippen LogP contribution in [-0.2, 0) is 22.4 Å². The first-order valence-corrected chi connectivity index (χ1v) is 10.8. The highest BCUT2D eigenvalue weighted by Crippen LogP contribution is 2.42. The maximum absolute atomic E-state index is 10.8. The lowest BCUT2D eigenvalue weighted by atomic mass is 9.74. The molecular weight excluding hydrogens is 372 g/mol. The number of carboxylic acid groups (broad SMARTS) is 1. The monoisotopic (exact) mass is 408 g/mol. The molecule has 1 aromatic carbocycles. The number of ether oxygens (including phenoxy) is 2. The Kier molecular flexibility index (Phi) is 9.91. The number of unbranched alkanes of at least 4 members (excludes halogenated alkanes) is 2. The van der Waals surface area contributed by atoms with Crippen LogP contribution >= 0.6 is 0 Å². The van der Waals surface area contributed by atoms with E-state index in [1.54, 1.807) is 0 Å². The molecule has 1 fully saturated rings. The number of carboxylic acids is 1. The molecule has 164 valence electrons. The highest BCUT2D eigenvalue weighted by Gasteiger charge is 2.41. The summed E-state index contributed by atoms with van der Waals surface area (Å²) in [6.45, 7) is 2.62. The third kappa shape index (κ3) is 6.69. The molecule has 0 saturated carbocycles. The topological polar surface area (TPSA) is 96.2 Å². The number of hydrogen-bond acceptors (Lipinski definition) is 5. The molecule has 1 aliphatic carbocycles. The van der Waals surface area contributed by atoms with Crippen molar-refractivity contribution in [3.63, 3.8) is 0 Å². The first kappa shape index (κ1) is 23.6. The Hall–Kier alpha value is -1.63. The molecule has 1 heterocycles. The van der Waals surface area contributed by atoms with Crippen molar-refractivity contribution in [1.82, 2.24) is 0 Å². The maximum atomic E-state index is 10.8. The van der Waals surface area contributed by atoms with Gasteiger partial charge in [0.15, 0.2) is 6.61 Å². The molecule has 29 heavy (non-hydrogen) atoms. The van der Waals surface area contributed by atoms with Crippen LogP contribution in [0.2, 0.25) is 0 Å². The molecule has 2 aliphatic rings. The molecule has 3 N–H and O–H groups in total. The Morgan fingerprint density at radius 2 is 2.03 bits per heavy atom. The van der Waals surface area contributed by atoms with Gasteiger partial charge in [0.25, 0.3) is 0 Å². The third-order valence-electron chi connectivity index (χ3n) is 6.04. The van der Waals surface area contributed by atoms with E-state index in [0.717, 1.165) is 57.8 Å². The SMILES string of the molecule is CCCCCC(O)CCC1OCC2Cc3c(cccc3OCC(=O)O)CC21.CO. The van der Waals surface area contributed by atoms with Crippen LogP contribution in [0.4, 0.5) is 0 Å². The van der Waals surface area contributed by atoms with Gasteiger partial charge in [0.05, 0.1) is 18.8 Å². The third-order valence-corrected chi connectivity index (χ3v) is 6.04. The molecule has 4 atom stereocenters. The molecule has 1 aliphatic heterocycles. The minimum absolute atomic E-state index is 0.215. The van der Waals surface area contributed by atoms with Gasteiger partial charge >= 0.3 is 5.97 Å². The smallest absolute Gasteiger partial charge is 0.341 e. The number of rotatable bonds is 10. The molecule has 1 aromatic rings. The first-order valence-electron chi connectivity index (χ1n) is 10.8. The molecule has 0 radical (unpaired) electrons. The van der Waals surface area contributed by atoms with E-state index < -0.39 is 5.97 Å². The number of benzene rings is 1. The van der Waals surface area contributed by atoms with Crippen molar-refractivity contribution in [2.75, 3.05) is 20.3 Å². The van der Waals surface area contributed by atoms with Crippen molar-refractivity contribution < 1.29 is 29.6 Å². The molecule has 3 rings (SSSR count). The summed E-state index contributed by atoms with van der Waals surface area (Å²) in [4.78, 5) is 10.8. The summed E-state index contributed by atoms with van der Waals surface area (Å²) in [7, 11) is 1.00. The van der Waals surface area contributed by atoms with E-state index in [9.17, 15) is 9.90 Å². The van der Waals surface area contributed by atoms with Crippen LogP contribution in [0, 0.1) is 11.8 Å². The highest BCUT2D eigenvalue weighted by molar-refractivity contribution is 5.68. The maximum Gasteiger partial charge on any atom is 0.341 e. The van der Waals surface area contributed by atoms with Gasteiger partial charge in [-0.05, 0) is 61.1 Å². The van der Waals surface area contributed by atoms with Gasteiger partial charge in [-0.3, -0.25) is 0 Å². The zero-order valence-electron chi connectivity index (χ0n) is 17.7. The van der Waals surface area contributed by atoms with E-state index in [-0.39, 0.29) is 18.8 Å². The van der Waals surface area contributed by atoms with E-state index in [1.807, 2.05) is 12.1 Å². The number of aliphatic carboxylic acids is 1. The van der Waals surface area contributed by atoms with E-state index in [4.69, 9.17) is 19.7 Å². The average Bonchev–Trinajstić information content (AvgIpc) is 3.12. The van der Waals surface area contributed by atoms with Gasteiger partial charge in [0, 0.05) is 7.11 Å². The van der Waals surface area contributed by atoms with Gasteiger partial charge in [-0.1, -0.05) is 38.3 Å². The minimum atomic E-state index is -0.956. The van der Waals surface area contributed by atoms with Gasteiger partial charge in [-0.2, -0.15) is 0 Å². The first-order chi connectivity index (χ1) is 14.1. The molecule has 1 saturated heterocycles. The zero-order valence-corrected chi connectivity index (χ0v) is 17.7. The van der Waals surface area contributed by atoms with Gasteiger partial charge in [-0.25, -0.2) is 4.79 Å². The normalized spacial score (nSPS) is 23.4. The van der Waals surface area contributed by atoms with E-state index in [1.165, 1.54) is 18.4 Å². The van der Waals surface area contributed by atoms with Gasteiger partial charge < -0.3 is 24.8 Å². The number of carbonyl (C=O) groups is 1. The Bertz CT molecular complexity index is 632. The van der Waals surface area contributed by atoms with Crippen molar-refractivity contribution in [3.8, 4) is 5.75 Å². The van der Waals surface area contributed by atoms with Crippen LogP contribution in [0.25, 0.3) is 0 Å². The number of fused-ring (bicyclic) bond motifs is 2. The summed E-state index contributed by atoms with van der Waals surface area (Å²) in [5.41, 5.74) is 2.39. The summed E-state index contributed by atoms with van der Waals surface area (Å²) in [5, 5.41) is 26.1. The van der Waals surface area contributed by atoms with Crippen molar-refractivity contribution in [1.29, 1.82) is 0 Å². The second-order valence-electron chi connectivity index (χ2n) is 8.01. The summed E-state index contributed by atoms with van der Waals surface area (Å²) in [5.74, 6) is 0.676. The molecule has 0 amide bonds. The second-order valence-corrected chi connectivity index (χ2v) is 8.01. The van der Waals surface area contributed by atoms with Crippen molar-refractivity contribution in [3.05, 3.63) is 29.3 Å². The Morgan fingerprint density at radius 1 is 1.24 bits per heavy atom. The van der Waals surface area contributed by atoms with E-state index in [2.05, 4.69) is 13.0 Å². The van der Waals surface area contributed by atoms with Crippen molar-refractivity contribution in [2.45, 2.75) is 70.5 Å². The fourth-order valence-electron chi connectivity index (χ4n) is 4.56. The van der Waals surface area contributed by atoms with Crippen LogP contribution in [0.1, 0.15) is 56.6 Å². The Labute approximate surface area is 173 Å². The van der Waals surface area contributed by atoms with Gasteiger partial charge in [-0.15, -0.1) is 0 Å². The predicted octanol–water partition coefficient (Wildman–Crippen LogP) is 3.21. The zero-order chi connectivity index (χ0) is 21.2. The lowest BCUT2D eigenvalue weighted by molar-refractivity contribution is -0.139.